The minimum absolute atomic E-state index is 0.00256. The normalized spacial score (nSPS) is 16.0. The second-order valence-corrected chi connectivity index (χ2v) is 6.44. The first-order chi connectivity index (χ1) is 10.5. The molecule has 1 amide bonds. The highest BCUT2D eigenvalue weighted by Crippen LogP contribution is 2.41. The number of carbonyl (C=O) groups is 1. The van der Waals surface area contributed by atoms with E-state index in [0.29, 0.717) is 4.47 Å². The van der Waals surface area contributed by atoms with Crippen molar-refractivity contribution in [2.75, 3.05) is 0 Å². The summed E-state index contributed by atoms with van der Waals surface area (Å²) in [4.78, 5) is 12.4. The number of nitrogens with one attached hydrogen (secondary N) is 1. The zero-order chi connectivity index (χ0) is 15.7. The molecule has 0 bridgehead atoms. The third kappa shape index (κ3) is 2.77. The summed E-state index contributed by atoms with van der Waals surface area (Å²) in [5.41, 5.74) is 0.325. The average molecular weight is 366 g/mol. The average Bonchev–Trinajstić information content (AvgIpc) is 2.46. The molecule has 0 aliphatic heterocycles. The molecule has 0 aromatic heterocycles. The minimum Gasteiger partial charge on any atom is -0.342 e. The van der Waals surface area contributed by atoms with Gasteiger partial charge in [-0.05, 0) is 55.2 Å². The van der Waals surface area contributed by atoms with E-state index < -0.39 is 17.3 Å². The Balaban J connectivity index is 1.88. The van der Waals surface area contributed by atoms with Crippen molar-refractivity contribution in [1.29, 1.82) is 0 Å². The SMILES string of the molecule is O=C(NC1(c2ccc(F)cc2)CCC1)c1cc(Br)ccc1F. The Labute approximate surface area is 135 Å². The second-order valence-electron chi connectivity index (χ2n) is 5.52. The van der Waals surface area contributed by atoms with E-state index in [2.05, 4.69) is 21.2 Å². The van der Waals surface area contributed by atoms with Crippen molar-refractivity contribution in [2.45, 2.75) is 24.8 Å². The number of hydrogen-bond donors (Lipinski definition) is 1. The third-order valence-electron chi connectivity index (χ3n) is 4.13. The molecular weight excluding hydrogens is 352 g/mol. The number of benzene rings is 2. The van der Waals surface area contributed by atoms with Gasteiger partial charge in [-0.1, -0.05) is 28.1 Å². The lowest BCUT2D eigenvalue weighted by molar-refractivity contribution is 0.0819. The number of hydrogen-bond acceptors (Lipinski definition) is 1. The van der Waals surface area contributed by atoms with Gasteiger partial charge < -0.3 is 5.32 Å². The monoisotopic (exact) mass is 365 g/mol. The summed E-state index contributed by atoms with van der Waals surface area (Å²) in [5, 5.41) is 2.93. The van der Waals surface area contributed by atoms with Gasteiger partial charge in [-0.2, -0.15) is 0 Å². The van der Waals surface area contributed by atoms with E-state index in [0.717, 1.165) is 24.8 Å². The molecule has 0 radical (unpaired) electrons. The van der Waals surface area contributed by atoms with Crippen LogP contribution in [0.4, 0.5) is 8.78 Å². The molecule has 22 heavy (non-hydrogen) atoms. The van der Waals surface area contributed by atoms with E-state index in [-0.39, 0.29) is 11.4 Å². The van der Waals surface area contributed by atoms with E-state index in [4.69, 9.17) is 0 Å². The van der Waals surface area contributed by atoms with Gasteiger partial charge in [-0.15, -0.1) is 0 Å². The summed E-state index contributed by atoms with van der Waals surface area (Å²) < 4.78 is 27.6. The topological polar surface area (TPSA) is 29.1 Å². The van der Waals surface area contributed by atoms with Crippen molar-refractivity contribution in [3.05, 3.63) is 69.7 Å². The summed E-state index contributed by atoms with van der Waals surface area (Å²) in [6.07, 6.45) is 2.50. The molecule has 0 atom stereocenters. The fourth-order valence-corrected chi connectivity index (χ4v) is 3.10. The molecule has 0 heterocycles. The van der Waals surface area contributed by atoms with Crippen molar-refractivity contribution in [3.63, 3.8) is 0 Å². The molecule has 3 rings (SSSR count). The molecule has 2 nitrogen and oxygen atoms in total. The lowest BCUT2D eigenvalue weighted by atomic mass is 9.71. The molecule has 1 aliphatic carbocycles. The van der Waals surface area contributed by atoms with Gasteiger partial charge in [0.1, 0.15) is 11.6 Å². The Bertz CT molecular complexity index is 711. The first-order valence-corrected chi connectivity index (χ1v) is 7.83. The summed E-state index contributed by atoms with van der Waals surface area (Å²) >= 11 is 3.24. The van der Waals surface area contributed by atoms with Crippen molar-refractivity contribution >= 4 is 21.8 Å². The van der Waals surface area contributed by atoms with Gasteiger partial charge in [0.05, 0.1) is 11.1 Å². The van der Waals surface area contributed by atoms with Gasteiger partial charge in [0.15, 0.2) is 0 Å². The van der Waals surface area contributed by atoms with E-state index in [1.807, 2.05) is 0 Å². The van der Waals surface area contributed by atoms with Crippen LogP contribution in [0.2, 0.25) is 0 Å². The number of carbonyl (C=O) groups excluding carboxylic acids is 1. The number of amides is 1. The lowest BCUT2D eigenvalue weighted by Gasteiger charge is -2.43. The highest BCUT2D eigenvalue weighted by molar-refractivity contribution is 9.10. The van der Waals surface area contributed by atoms with E-state index in [9.17, 15) is 13.6 Å². The zero-order valence-electron chi connectivity index (χ0n) is 11.7. The van der Waals surface area contributed by atoms with Crippen LogP contribution in [0, 0.1) is 11.6 Å². The minimum atomic E-state index is -0.561. The quantitative estimate of drug-likeness (QED) is 0.849. The standard InChI is InChI=1S/C17H14BrF2NO/c18-12-4-7-15(20)14(10-12)16(22)21-17(8-1-9-17)11-2-5-13(19)6-3-11/h2-7,10H,1,8-9H2,(H,21,22). The van der Waals surface area contributed by atoms with Crippen LogP contribution in [0.15, 0.2) is 46.9 Å². The van der Waals surface area contributed by atoms with Crippen LogP contribution in [0.3, 0.4) is 0 Å². The molecule has 0 unspecified atom stereocenters. The van der Waals surface area contributed by atoms with Gasteiger partial charge in [0.25, 0.3) is 5.91 Å². The van der Waals surface area contributed by atoms with Crippen LogP contribution in [-0.2, 0) is 5.54 Å². The van der Waals surface area contributed by atoms with Crippen LogP contribution in [0.25, 0.3) is 0 Å². The van der Waals surface area contributed by atoms with Gasteiger partial charge >= 0.3 is 0 Å². The van der Waals surface area contributed by atoms with E-state index in [1.165, 1.54) is 24.3 Å². The molecule has 1 N–H and O–H groups in total. The van der Waals surface area contributed by atoms with Crippen LogP contribution in [0.5, 0.6) is 0 Å². The van der Waals surface area contributed by atoms with E-state index in [1.54, 1.807) is 18.2 Å². The predicted octanol–water partition coefficient (Wildman–Crippen LogP) is 4.54. The summed E-state index contributed by atoms with van der Waals surface area (Å²) in [7, 11) is 0. The molecule has 0 spiro atoms. The summed E-state index contributed by atoms with van der Waals surface area (Å²) in [6.45, 7) is 0. The van der Waals surface area contributed by atoms with Gasteiger partial charge in [-0.3, -0.25) is 4.79 Å². The number of halogens is 3. The van der Waals surface area contributed by atoms with E-state index >= 15 is 0 Å². The molecule has 114 valence electrons. The summed E-state index contributed by atoms with van der Waals surface area (Å²) in [6, 6.07) is 10.4. The predicted molar refractivity (Wildman–Crippen MR) is 83.5 cm³/mol. The highest BCUT2D eigenvalue weighted by atomic mass is 79.9. The smallest absolute Gasteiger partial charge is 0.254 e. The zero-order valence-corrected chi connectivity index (χ0v) is 13.3. The van der Waals surface area contributed by atoms with Gasteiger partial charge in [0, 0.05) is 4.47 Å². The van der Waals surface area contributed by atoms with Crippen LogP contribution in [-0.4, -0.2) is 5.91 Å². The molecule has 1 aliphatic rings. The molecule has 2 aromatic carbocycles. The fourth-order valence-electron chi connectivity index (χ4n) is 2.74. The molecule has 1 saturated carbocycles. The maximum Gasteiger partial charge on any atom is 0.254 e. The molecule has 5 heteroatoms. The molecule has 0 saturated heterocycles. The number of rotatable bonds is 3. The largest absolute Gasteiger partial charge is 0.342 e. The van der Waals surface area contributed by atoms with Crippen molar-refractivity contribution in [3.8, 4) is 0 Å². The Hall–Kier alpha value is -1.75. The highest BCUT2D eigenvalue weighted by Gasteiger charge is 2.40. The van der Waals surface area contributed by atoms with Gasteiger partial charge in [-0.25, -0.2) is 8.78 Å². The van der Waals surface area contributed by atoms with Crippen LogP contribution >= 0.6 is 15.9 Å². The Morgan fingerprint density at radius 1 is 1.09 bits per heavy atom. The first kappa shape index (κ1) is 15.2. The summed E-state index contributed by atoms with van der Waals surface area (Å²) in [5.74, 6) is -1.33. The lowest BCUT2D eigenvalue weighted by Crippen LogP contribution is -2.51. The Kier molecular flexibility index (Phi) is 4.00. The molecule has 2 aromatic rings. The van der Waals surface area contributed by atoms with Crippen molar-refractivity contribution < 1.29 is 13.6 Å². The Morgan fingerprint density at radius 3 is 2.36 bits per heavy atom. The molecule has 1 fully saturated rings. The maximum absolute atomic E-state index is 13.8. The fraction of sp³-hybridized carbons (Fsp3) is 0.235. The van der Waals surface area contributed by atoms with Crippen molar-refractivity contribution in [2.24, 2.45) is 0 Å². The van der Waals surface area contributed by atoms with Crippen LogP contribution in [0.1, 0.15) is 35.2 Å². The molecular formula is C17H14BrF2NO. The maximum atomic E-state index is 13.8. The third-order valence-corrected chi connectivity index (χ3v) is 4.62. The second kappa shape index (κ2) is 5.80. The van der Waals surface area contributed by atoms with Crippen LogP contribution < -0.4 is 5.32 Å². The first-order valence-electron chi connectivity index (χ1n) is 7.04. The van der Waals surface area contributed by atoms with Crippen molar-refractivity contribution in [1.82, 2.24) is 5.32 Å². The Morgan fingerprint density at radius 2 is 1.77 bits per heavy atom. The van der Waals surface area contributed by atoms with Gasteiger partial charge in [0.2, 0.25) is 0 Å².